The highest BCUT2D eigenvalue weighted by atomic mass is 35.5. The van der Waals surface area contributed by atoms with Crippen LogP contribution in [0.4, 0.5) is 11.4 Å². The molecule has 0 atom stereocenters. The average Bonchev–Trinajstić information content (AvgIpc) is 3.24. The summed E-state index contributed by atoms with van der Waals surface area (Å²) < 4.78 is 26.2. The minimum atomic E-state index is -3.35. The van der Waals surface area contributed by atoms with Gasteiger partial charge in [0.15, 0.2) is 0 Å². The predicted octanol–water partition coefficient (Wildman–Crippen LogP) is 5.07. The molecule has 1 aromatic heterocycles. The minimum Gasteiger partial charge on any atom is -0.338 e. The molecule has 9 heteroatoms. The van der Waals surface area contributed by atoms with E-state index in [4.69, 9.17) is 11.6 Å². The number of amides is 1. The summed E-state index contributed by atoms with van der Waals surface area (Å²) in [5, 5.41) is 3.38. The second kappa shape index (κ2) is 8.53. The molecule has 2 heterocycles. The van der Waals surface area contributed by atoms with E-state index < -0.39 is 10.0 Å². The SMILES string of the molecule is O=C(Nc1ccc(Cl)c(-c2nc3ccccc3[nH]2)c1)c1cccc(N2CCCCS2(=O)=O)c1. The van der Waals surface area contributed by atoms with E-state index in [0.29, 0.717) is 46.3 Å². The van der Waals surface area contributed by atoms with Crippen LogP contribution in [0.15, 0.2) is 66.7 Å². The third-order valence-corrected chi connectivity index (χ3v) is 7.81. The zero-order valence-corrected chi connectivity index (χ0v) is 19.2. The van der Waals surface area contributed by atoms with Crippen LogP contribution in [0.25, 0.3) is 22.4 Å². The highest BCUT2D eigenvalue weighted by Gasteiger charge is 2.26. The zero-order valence-electron chi connectivity index (χ0n) is 17.6. The highest BCUT2D eigenvalue weighted by Crippen LogP contribution is 2.31. The molecule has 0 radical (unpaired) electrons. The zero-order chi connectivity index (χ0) is 23.0. The molecule has 0 aliphatic carbocycles. The van der Waals surface area contributed by atoms with Crippen molar-refractivity contribution < 1.29 is 13.2 Å². The normalized spacial score (nSPS) is 15.5. The summed E-state index contributed by atoms with van der Waals surface area (Å²) >= 11 is 6.41. The lowest BCUT2D eigenvalue weighted by Gasteiger charge is -2.28. The summed E-state index contributed by atoms with van der Waals surface area (Å²) in [6, 6.07) is 19.5. The number of fused-ring (bicyclic) bond motifs is 1. The van der Waals surface area contributed by atoms with E-state index in [1.165, 1.54) is 4.31 Å². The van der Waals surface area contributed by atoms with Gasteiger partial charge in [0.1, 0.15) is 5.82 Å². The second-order valence-corrected chi connectivity index (χ2v) is 10.3. The van der Waals surface area contributed by atoms with Crippen LogP contribution in [0.3, 0.4) is 0 Å². The Morgan fingerprint density at radius 2 is 1.88 bits per heavy atom. The number of nitrogens with zero attached hydrogens (tertiary/aromatic N) is 2. The molecule has 33 heavy (non-hydrogen) atoms. The van der Waals surface area contributed by atoms with Gasteiger partial charge in [0.25, 0.3) is 5.91 Å². The largest absolute Gasteiger partial charge is 0.338 e. The molecule has 1 amide bonds. The Morgan fingerprint density at radius 1 is 1.03 bits per heavy atom. The quantitative estimate of drug-likeness (QED) is 0.426. The van der Waals surface area contributed by atoms with Crippen LogP contribution in [-0.4, -0.2) is 36.6 Å². The number of nitrogens with one attached hydrogen (secondary N) is 2. The number of anilines is 2. The summed E-state index contributed by atoms with van der Waals surface area (Å²) in [7, 11) is -3.35. The van der Waals surface area contributed by atoms with Gasteiger partial charge in [-0.05, 0) is 61.4 Å². The lowest BCUT2D eigenvalue weighted by atomic mass is 10.1. The minimum absolute atomic E-state index is 0.124. The molecule has 168 valence electrons. The van der Waals surface area contributed by atoms with Gasteiger partial charge in [0, 0.05) is 23.4 Å². The van der Waals surface area contributed by atoms with Crippen molar-refractivity contribution in [3.8, 4) is 11.4 Å². The standard InChI is InChI=1S/C24H21ClN4O3S/c25-20-11-10-17(15-19(20)23-27-21-8-1-2-9-22(21)28-23)26-24(30)16-6-5-7-18(14-16)29-12-3-4-13-33(29,31)32/h1-2,5-11,14-15H,3-4,12-13H2,(H,26,30)(H,27,28). The van der Waals surface area contributed by atoms with Crippen LogP contribution in [0.1, 0.15) is 23.2 Å². The maximum atomic E-state index is 12.9. The topological polar surface area (TPSA) is 95.2 Å². The number of hydrogen-bond donors (Lipinski definition) is 2. The van der Waals surface area contributed by atoms with E-state index in [1.54, 1.807) is 42.5 Å². The summed E-state index contributed by atoms with van der Waals surface area (Å²) in [5.74, 6) is 0.386. The van der Waals surface area contributed by atoms with Crippen LogP contribution in [0.5, 0.6) is 0 Å². The Balaban J connectivity index is 1.41. The van der Waals surface area contributed by atoms with Gasteiger partial charge >= 0.3 is 0 Å². The van der Waals surface area contributed by atoms with Gasteiger partial charge in [-0.1, -0.05) is 29.8 Å². The Kier molecular flexibility index (Phi) is 5.55. The van der Waals surface area contributed by atoms with Crippen molar-refractivity contribution in [3.63, 3.8) is 0 Å². The van der Waals surface area contributed by atoms with Crippen LogP contribution >= 0.6 is 11.6 Å². The fraction of sp³-hybridized carbons (Fsp3) is 0.167. The van der Waals surface area contributed by atoms with Gasteiger partial charge in [-0.3, -0.25) is 9.10 Å². The number of rotatable bonds is 4. The number of carbonyl (C=O) groups is 1. The first kappa shape index (κ1) is 21.5. The van der Waals surface area contributed by atoms with E-state index in [1.807, 2.05) is 24.3 Å². The van der Waals surface area contributed by atoms with E-state index in [-0.39, 0.29) is 11.7 Å². The molecular formula is C24H21ClN4O3S. The van der Waals surface area contributed by atoms with Crippen LogP contribution < -0.4 is 9.62 Å². The number of H-pyrrole nitrogens is 1. The Bertz CT molecular complexity index is 1430. The molecule has 1 saturated heterocycles. The molecule has 0 spiro atoms. The smallest absolute Gasteiger partial charge is 0.255 e. The Hall–Kier alpha value is -3.36. The van der Waals surface area contributed by atoms with Gasteiger partial charge in [0.2, 0.25) is 10.0 Å². The summed E-state index contributed by atoms with van der Waals surface area (Å²) in [5.41, 5.74) is 3.80. The van der Waals surface area contributed by atoms with Crippen molar-refractivity contribution in [2.45, 2.75) is 12.8 Å². The van der Waals surface area contributed by atoms with Crippen molar-refractivity contribution >= 4 is 49.9 Å². The number of aromatic nitrogens is 2. The number of carbonyl (C=O) groups excluding carboxylic acids is 1. The maximum absolute atomic E-state index is 12.9. The molecule has 1 fully saturated rings. The first-order chi connectivity index (χ1) is 15.9. The van der Waals surface area contributed by atoms with Crippen molar-refractivity contribution in [2.24, 2.45) is 0 Å². The molecular weight excluding hydrogens is 460 g/mol. The van der Waals surface area contributed by atoms with Gasteiger partial charge in [-0.2, -0.15) is 0 Å². The lowest BCUT2D eigenvalue weighted by molar-refractivity contribution is 0.102. The fourth-order valence-corrected chi connectivity index (χ4v) is 5.79. The average molecular weight is 481 g/mol. The third kappa shape index (κ3) is 4.31. The third-order valence-electron chi connectivity index (χ3n) is 5.61. The van der Waals surface area contributed by atoms with Crippen molar-refractivity contribution in [2.75, 3.05) is 21.9 Å². The molecule has 0 saturated carbocycles. The molecule has 1 aliphatic rings. The van der Waals surface area contributed by atoms with Gasteiger partial charge in [-0.15, -0.1) is 0 Å². The Labute approximate surface area is 196 Å². The molecule has 7 nitrogen and oxygen atoms in total. The van der Waals surface area contributed by atoms with Gasteiger partial charge in [-0.25, -0.2) is 13.4 Å². The monoisotopic (exact) mass is 480 g/mol. The summed E-state index contributed by atoms with van der Waals surface area (Å²) in [6.45, 7) is 0.422. The predicted molar refractivity (Wildman–Crippen MR) is 131 cm³/mol. The first-order valence-corrected chi connectivity index (χ1v) is 12.6. The van der Waals surface area contributed by atoms with Crippen LogP contribution in [0.2, 0.25) is 5.02 Å². The Morgan fingerprint density at radius 3 is 2.70 bits per heavy atom. The number of halogens is 1. The molecule has 0 unspecified atom stereocenters. The van der Waals surface area contributed by atoms with Crippen molar-refractivity contribution in [3.05, 3.63) is 77.3 Å². The van der Waals surface area contributed by atoms with Crippen LogP contribution in [-0.2, 0) is 10.0 Å². The van der Waals surface area contributed by atoms with E-state index >= 15 is 0 Å². The number of para-hydroxylation sites is 2. The number of sulfonamides is 1. The second-order valence-electron chi connectivity index (χ2n) is 7.90. The van der Waals surface area contributed by atoms with Gasteiger partial charge in [0.05, 0.1) is 27.5 Å². The molecule has 3 aromatic carbocycles. The van der Waals surface area contributed by atoms with Gasteiger partial charge < -0.3 is 10.3 Å². The van der Waals surface area contributed by atoms with Crippen molar-refractivity contribution in [1.29, 1.82) is 0 Å². The number of hydrogen-bond acceptors (Lipinski definition) is 4. The summed E-state index contributed by atoms with van der Waals surface area (Å²) in [6.07, 6.45) is 1.45. The number of imidazole rings is 1. The van der Waals surface area contributed by atoms with Crippen molar-refractivity contribution in [1.82, 2.24) is 9.97 Å². The number of benzene rings is 3. The van der Waals surface area contributed by atoms with E-state index in [9.17, 15) is 13.2 Å². The molecule has 0 bridgehead atoms. The van der Waals surface area contributed by atoms with E-state index in [2.05, 4.69) is 15.3 Å². The van der Waals surface area contributed by atoms with Crippen LogP contribution in [0, 0.1) is 0 Å². The highest BCUT2D eigenvalue weighted by molar-refractivity contribution is 7.92. The maximum Gasteiger partial charge on any atom is 0.255 e. The fourth-order valence-electron chi connectivity index (χ4n) is 3.95. The lowest BCUT2D eigenvalue weighted by Crippen LogP contribution is -2.37. The number of aromatic amines is 1. The molecule has 5 rings (SSSR count). The summed E-state index contributed by atoms with van der Waals surface area (Å²) in [4.78, 5) is 20.8. The van der Waals surface area contributed by atoms with E-state index in [0.717, 1.165) is 17.5 Å². The molecule has 2 N–H and O–H groups in total. The molecule has 4 aromatic rings. The first-order valence-electron chi connectivity index (χ1n) is 10.6. The molecule has 1 aliphatic heterocycles.